The van der Waals surface area contributed by atoms with E-state index < -0.39 is 0 Å². The van der Waals surface area contributed by atoms with Gasteiger partial charge in [-0.05, 0) is 18.8 Å². The molecule has 1 atom stereocenters. The van der Waals surface area contributed by atoms with Crippen molar-refractivity contribution in [2.24, 2.45) is 5.92 Å². The first-order valence-electron chi connectivity index (χ1n) is 6.37. The van der Waals surface area contributed by atoms with Gasteiger partial charge in [-0.3, -0.25) is 4.79 Å². The van der Waals surface area contributed by atoms with Gasteiger partial charge in [0.15, 0.2) is 5.13 Å². The molecule has 0 spiro atoms. The number of aromatic nitrogens is 1. The number of hydrogen-bond donors (Lipinski definition) is 2. The van der Waals surface area contributed by atoms with E-state index in [0.717, 1.165) is 31.2 Å². The molecule has 0 aromatic carbocycles. The number of amides is 1. The van der Waals surface area contributed by atoms with E-state index in [9.17, 15) is 4.79 Å². The molecule has 1 aromatic rings. The van der Waals surface area contributed by atoms with Crippen molar-refractivity contribution in [3.63, 3.8) is 0 Å². The van der Waals surface area contributed by atoms with Gasteiger partial charge in [-0.15, -0.1) is 0 Å². The summed E-state index contributed by atoms with van der Waals surface area (Å²) in [5, 5.41) is 3.65. The zero-order valence-electron chi connectivity index (χ0n) is 11.3. The van der Waals surface area contributed by atoms with E-state index >= 15 is 0 Å². The van der Waals surface area contributed by atoms with Crippen LogP contribution in [-0.2, 0) is 4.74 Å². The molecular formula is C12H20N4O2S. The SMILES string of the molecule is CN(C)c1nc(N)c(C(=O)NCC2CCCOC2)s1. The number of hydrogen-bond acceptors (Lipinski definition) is 6. The van der Waals surface area contributed by atoms with Gasteiger partial charge >= 0.3 is 0 Å². The predicted molar refractivity (Wildman–Crippen MR) is 76.7 cm³/mol. The number of nitrogens with two attached hydrogens (primary N) is 1. The fourth-order valence-corrected chi connectivity index (χ4v) is 2.78. The molecule has 3 N–H and O–H groups in total. The molecule has 1 amide bonds. The Labute approximate surface area is 116 Å². The Hall–Kier alpha value is -1.34. The van der Waals surface area contributed by atoms with Crippen LogP contribution < -0.4 is 16.0 Å². The zero-order chi connectivity index (χ0) is 13.8. The van der Waals surface area contributed by atoms with Gasteiger partial charge in [-0.1, -0.05) is 11.3 Å². The lowest BCUT2D eigenvalue weighted by Crippen LogP contribution is -2.33. The standard InChI is InChI=1S/C12H20N4O2S/c1-16(2)12-15-10(13)9(19-12)11(17)14-6-8-4-3-5-18-7-8/h8H,3-7,13H2,1-2H3,(H,14,17). The quantitative estimate of drug-likeness (QED) is 0.860. The topological polar surface area (TPSA) is 80.5 Å². The van der Waals surface area contributed by atoms with Crippen molar-refractivity contribution < 1.29 is 9.53 Å². The van der Waals surface area contributed by atoms with Crippen LogP contribution in [0, 0.1) is 5.92 Å². The number of ether oxygens (including phenoxy) is 1. The van der Waals surface area contributed by atoms with Crippen molar-refractivity contribution in [1.29, 1.82) is 0 Å². The van der Waals surface area contributed by atoms with Gasteiger partial charge in [-0.2, -0.15) is 0 Å². The third-order valence-electron chi connectivity index (χ3n) is 3.04. The van der Waals surface area contributed by atoms with Crippen molar-refractivity contribution in [3.8, 4) is 0 Å². The average Bonchev–Trinajstić information content (AvgIpc) is 2.80. The van der Waals surface area contributed by atoms with Crippen LogP contribution in [0.25, 0.3) is 0 Å². The summed E-state index contributed by atoms with van der Waals surface area (Å²) in [6.45, 7) is 2.19. The van der Waals surface area contributed by atoms with Gasteiger partial charge in [-0.25, -0.2) is 4.98 Å². The van der Waals surface area contributed by atoms with Gasteiger partial charge in [0.2, 0.25) is 0 Å². The van der Waals surface area contributed by atoms with E-state index in [1.54, 1.807) is 0 Å². The summed E-state index contributed by atoms with van der Waals surface area (Å²) in [7, 11) is 3.75. The van der Waals surface area contributed by atoms with Gasteiger partial charge in [0, 0.05) is 27.2 Å². The highest BCUT2D eigenvalue weighted by Crippen LogP contribution is 2.26. The fourth-order valence-electron chi connectivity index (χ4n) is 1.96. The third kappa shape index (κ3) is 3.57. The highest BCUT2D eigenvalue weighted by molar-refractivity contribution is 7.18. The molecule has 0 radical (unpaired) electrons. The molecule has 1 saturated heterocycles. The minimum atomic E-state index is -0.145. The smallest absolute Gasteiger partial charge is 0.265 e. The number of anilines is 2. The van der Waals surface area contributed by atoms with Crippen LogP contribution in [0.1, 0.15) is 22.5 Å². The zero-order valence-corrected chi connectivity index (χ0v) is 12.1. The second-order valence-corrected chi connectivity index (χ2v) is 5.88. The van der Waals surface area contributed by atoms with Gasteiger partial charge in [0.25, 0.3) is 5.91 Å². The van der Waals surface area contributed by atoms with E-state index in [1.807, 2.05) is 19.0 Å². The van der Waals surface area contributed by atoms with Crippen LogP contribution in [0.3, 0.4) is 0 Å². The summed E-state index contributed by atoms with van der Waals surface area (Å²) >= 11 is 1.31. The van der Waals surface area contributed by atoms with Crippen molar-refractivity contribution in [1.82, 2.24) is 10.3 Å². The van der Waals surface area contributed by atoms with E-state index in [1.165, 1.54) is 11.3 Å². The highest BCUT2D eigenvalue weighted by atomic mass is 32.1. The van der Waals surface area contributed by atoms with E-state index in [-0.39, 0.29) is 5.91 Å². The number of nitrogen functional groups attached to an aromatic ring is 1. The van der Waals surface area contributed by atoms with E-state index in [4.69, 9.17) is 10.5 Å². The molecule has 1 fully saturated rings. The molecular weight excluding hydrogens is 264 g/mol. The summed E-state index contributed by atoms with van der Waals surface area (Å²) in [6.07, 6.45) is 2.16. The number of nitrogens with one attached hydrogen (secondary N) is 1. The molecule has 1 unspecified atom stereocenters. The molecule has 0 aliphatic carbocycles. The molecule has 0 saturated carbocycles. The highest BCUT2D eigenvalue weighted by Gasteiger charge is 2.19. The average molecular weight is 284 g/mol. The Balaban J connectivity index is 1.92. The van der Waals surface area contributed by atoms with E-state index in [0.29, 0.717) is 23.2 Å². The van der Waals surface area contributed by atoms with Crippen LogP contribution in [0.15, 0.2) is 0 Å². The molecule has 1 aromatic heterocycles. The number of carbonyl (C=O) groups excluding carboxylic acids is 1. The van der Waals surface area contributed by atoms with Crippen molar-refractivity contribution in [3.05, 3.63) is 4.88 Å². The fraction of sp³-hybridized carbons (Fsp3) is 0.667. The molecule has 0 bridgehead atoms. The number of carbonyl (C=O) groups is 1. The molecule has 1 aliphatic rings. The Morgan fingerprint density at radius 3 is 3.00 bits per heavy atom. The molecule has 106 valence electrons. The maximum atomic E-state index is 12.1. The van der Waals surface area contributed by atoms with Crippen molar-refractivity contribution in [2.75, 3.05) is 44.5 Å². The summed E-state index contributed by atoms with van der Waals surface area (Å²) < 4.78 is 5.39. The van der Waals surface area contributed by atoms with Crippen LogP contribution in [0.2, 0.25) is 0 Å². The van der Waals surface area contributed by atoms with Crippen LogP contribution in [-0.4, -0.2) is 44.7 Å². The van der Waals surface area contributed by atoms with Crippen molar-refractivity contribution >= 4 is 28.2 Å². The minimum Gasteiger partial charge on any atom is -0.382 e. The Kier molecular flexibility index (Phi) is 4.60. The number of nitrogens with zero attached hydrogens (tertiary/aromatic N) is 2. The summed E-state index contributed by atoms with van der Waals surface area (Å²) in [5.74, 6) is 0.555. The van der Waals surface area contributed by atoms with Crippen LogP contribution in [0.5, 0.6) is 0 Å². The lowest BCUT2D eigenvalue weighted by Gasteiger charge is -2.21. The number of rotatable bonds is 4. The van der Waals surface area contributed by atoms with Gasteiger partial charge in [0.05, 0.1) is 6.61 Å². The van der Waals surface area contributed by atoms with Crippen molar-refractivity contribution in [2.45, 2.75) is 12.8 Å². The second-order valence-electron chi connectivity index (χ2n) is 4.90. The first-order chi connectivity index (χ1) is 9.08. The van der Waals surface area contributed by atoms with Crippen LogP contribution >= 0.6 is 11.3 Å². The first kappa shape index (κ1) is 14.1. The first-order valence-corrected chi connectivity index (χ1v) is 7.19. The maximum absolute atomic E-state index is 12.1. The third-order valence-corrected chi connectivity index (χ3v) is 4.27. The van der Waals surface area contributed by atoms with Gasteiger partial charge < -0.3 is 20.7 Å². The Morgan fingerprint density at radius 1 is 1.63 bits per heavy atom. The normalized spacial score (nSPS) is 19.2. The van der Waals surface area contributed by atoms with Crippen LogP contribution in [0.4, 0.5) is 10.9 Å². The maximum Gasteiger partial charge on any atom is 0.265 e. The largest absolute Gasteiger partial charge is 0.382 e. The Morgan fingerprint density at radius 2 is 2.42 bits per heavy atom. The van der Waals surface area contributed by atoms with Gasteiger partial charge in [0.1, 0.15) is 10.7 Å². The summed E-state index contributed by atoms with van der Waals surface area (Å²) in [4.78, 5) is 18.6. The molecule has 2 rings (SSSR count). The Bertz CT molecular complexity index is 441. The lowest BCUT2D eigenvalue weighted by molar-refractivity contribution is 0.0537. The number of thiazole rings is 1. The monoisotopic (exact) mass is 284 g/mol. The lowest BCUT2D eigenvalue weighted by atomic mass is 10.0. The molecule has 6 nitrogen and oxygen atoms in total. The predicted octanol–water partition coefficient (Wildman–Crippen LogP) is 0.948. The minimum absolute atomic E-state index is 0.145. The molecule has 1 aliphatic heterocycles. The summed E-state index contributed by atoms with van der Waals surface area (Å²) in [6, 6.07) is 0. The molecule has 2 heterocycles. The molecule has 7 heteroatoms. The second kappa shape index (κ2) is 6.21. The van der Waals surface area contributed by atoms with E-state index in [2.05, 4.69) is 10.3 Å². The molecule has 19 heavy (non-hydrogen) atoms. The summed E-state index contributed by atoms with van der Waals surface area (Å²) in [5.41, 5.74) is 5.78.